The maximum absolute atomic E-state index is 14.4. The number of rotatable bonds is 6. The smallest absolute Gasteiger partial charge is 0.309 e. The summed E-state index contributed by atoms with van der Waals surface area (Å²) in [5, 5.41) is 14.9. The van der Waals surface area contributed by atoms with Crippen molar-refractivity contribution < 1.29 is 26.3 Å². The normalized spacial score (nSPS) is 12.1. The highest BCUT2D eigenvalue weighted by Gasteiger charge is 2.37. The molecule has 70 heavy (non-hydrogen) atoms. The predicted octanol–water partition coefficient (Wildman–Crippen LogP) is 17.7. The highest BCUT2D eigenvalue weighted by molar-refractivity contribution is 6.13. The Balaban J connectivity index is 1.23. The molecular weight excluding hydrogens is 889 g/mol. The monoisotopic (exact) mass is 929 g/mol. The third-order valence-electron chi connectivity index (χ3n) is 13.3. The van der Waals surface area contributed by atoms with Gasteiger partial charge in [-0.25, -0.2) is 0 Å². The van der Waals surface area contributed by atoms with E-state index >= 15 is 0 Å². The van der Waals surface area contributed by atoms with Crippen molar-refractivity contribution in [3.05, 3.63) is 215 Å². The number of aryl methyl sites for hydroxylation is 4. The first-order chi connectivity index (χ1) is 33.5. The van der Waals surface area contributed by atoms with Gasteiger partial charge in [0.25, 0.3) is 0 Å². The molecule has 0 unspecified atom stereocenters. The summed E-state index contributed by atoms with van der Waals surface area (Å²) in [6, 6.07) is 55.6. The SMILES string of the molecule is Cc1cc(C)cc(-c2ccc3c(c2)c2ccccc2n3-c2ccc(-c3cc(C(F)(F)F)cc(C(F)(F)F)c3)cc2-c2c(C#N)cccc2-n2c3ccccc3c3cc(-c4cc(C)cc(C)c4)ccc32)c1. The number of benzene rings is 9. The molecule has 0 N–H and O–H groups in total. The van der Waals surface area contributed by atoms with E-state index in [2.05, 4.69) is 116 Å². The van der Waals surface area contributed by atoms with E-state index in [0.29, 0.717) is 22.5 Å². The maximum atomic E-state index is 14.4. The van der Waals surface area contributed by atoms with Gasteiger partial charge >= 0.3 is 12.4 Å². The average molecular weight is 930 g/mol. The van der Waals surface area contributed by atoms with Gasteiger partial charge in [0.05, 0.1) is 56.2 Å². The molecule has 0 atom stereocenters. The van der Waals surface area contributed by atoms with Gasteiger partial charge in [0.2, 0.25) is 0 Å². The second-order valence-electron chi connectivity index (χ2n) is 18.3. The van der Waals surface area contributed by atoms with Crippen LogP contribution in [0.1, 0.15) is 38.9 Å². The van der Waals surface area contributed by atoms with Crippen molar-refractivity contribution >= 4 is 43.6 Å². The Kier molecular flexibility index (Phi) is 10.4. The van der Waals surface area contributed by atoms with Crippen molar-refractivity contribution in [2.24, 2.45) is 0 Å². The zero-order chi connectivity index (χ0) is 48.8. The third-order valence-corrected chi connectivity index (χ3v) is 13.3. The van der Waals surface area contributed by atoms with Crippen LogP contribution in [0, 0.1) is 39.0 Å². The molecule has 0 saturated carbocycles. The van der Waals surface area contributed by atoms with Crippen LogP contribution in [0.25, 0.3) is 99.5 Å². The summed E-state index contributed by atoms with van der Waals surface area (Å²) < 4.78 is 90.7. The van der Waals surface area contributed by atoms with E-state index in [1.165, 1.54) is 0 Å². The van der Waals surface area contributed by atoms with Gasteiger partial charge < -0.3 is 9.13 Å². The van der Waals surface area contributed by atoms with Crippen LogP contribution in [0.2, 0.25) is 0 Å². The van der Waals surface area contributed by atoms with Gasteiger partial charge in [-0.05, 0) is 140 Å². The molecule has 0 spiro atoms. The minimum Gasteiger partial charge on any atom is -0.309 e. The molecule has 0 radical (unpaired) electrons. The zero-order valence-corrected chi connectivity index (χ0v) is 38.4. The van der Waals surface area contributed by atoms with Crippen LogP contribution in [0.5, 0.6) is 0 Å². The molecule has 0 bridgehead atoms. The maximum Gasteiger partial charge on any atom is 0.416 e. The fourth-order valence-corrected chi connectivity index (χ4v) is 10.4. The molecule has 0 aliphatic carbocycles. The number of nitriles is 1. The second-order valence-corrected chi connectivity index (χ2v) is 18.3. The van der Waals surface area contributed by atoms with Gasteiger partial charge in [-0.2, -0.15) is 31.6 Å². The number of fused-ring (bicyclic) bond motifs is 6. The molecule has 0 amide bonds. The van der Waals surface area contributed by atoms with E-state index in [0.717, 1.165) is 100 Å². The topological polar surface area (TPSA) is 33.6 Å². The minimum absolute atomic E-state index is 0.104. The third kappa shape index (κ3) is 7.57. The van der Waals surface area contributed by atoms with Crippen molar-refractivity contribution in [2.45, 2.75) is 40.0 Å². The minimum atomic E-state index is -5.06. The van der Waals surface area contributed by atoms with Crippen molar-refractivity contribution in [2.75, 3.05) is 0 Å². The second kappa shape index (κ2) is 16.4. The summed E-state index contributed by atoms with van der Waals surface area (Å²) in [7, 11) is 0. The van der Waals surface area contributed by atoms with Crippen molar-refractivity contribution in [1.29, 1.82) is 5.26 Å². The lowest BCUT2D eigenvalue weighted by molar-refractivity contribution is -0.143. The number of hydrogen-bond donors (Lipinski definition) is 0. The quantitative estimate of drug-likeness (QED) is 0.153. The number of para-hydroxylation sites is 2. The number of hydrogen-bond acceptors (Lipinski definition) is 1. The first-order valence-corrected chi connectivity index (χ1v) is 22.8. The lowest BCUT2D eigenvalue weighted by Gasteiger charge is -2.21. The summed E-state index contributed by atoms with van der Waals surface area (Å²) in [4.78, 5) is 0. The molecule has 9 aromatic carbocycles. The number of nitrogens with zero attached hydrogens (tertiary/aromatic N) is 3. The molecule has 3 nitrogen and oxygen atoms in total. The van der Waals surface area contributed by atoms with Gasteiger partial charge in [-0.15, -0.1) is 0 Å². The van der Waals surface area contributed by atoms with Gasteiger partial charge in [-0.3, -0.25) is 0 Å². The van der Waals surface area contributed by atoms with Gasteiger partial charge in [-0.1, -0.05) is 119 Å². The Morgan fingerprint density at radius 1 is 0.371 bits per heavy atom. The fourth-order valence-electron chi connectivity index (χ4n) is 10.4. The Bertz CT molecular complexity index is 3920. The van der Waals surface area contributed by atoms with Gasteiger partial charge in [0.15, 0.2) is 0 Å². The fraction of sp³-hybridized carbons (Fsp3) is 0.0984. The molecule has 0 fully saturated rings. The van der Waals surface area contributed by atoms with E-state index in [-0.39, 0.29) is 22.8 Å². The molecule has 0 aliphatic heterocycles. The van der Waals surface area contributed by atoms with Crippen molar-refractivity contribution in [3.8, 4) is 62.0 Å². The first-order valence-electron chi connectivity index (χ1n) is 22.8. The van der Waals surface area contributed by atoms with Gasteiger partial charge in [0.1, 0.15) is 0 Å². The van der Waals surface area contributed by atoms with E-state index in [1.807, 2.05) is 54.6 Å². The van der Waals surface area contributed by atoms with E-state index in [1.54, 1.807) is 30.3 Å². The summed E-state index contributed by atoms with van der Waals surface area (Å²) >= 11 is 0. The molecule has 342 valence electrons. The highest BCUT2D eigenvalue weighted by atomic mass is 19.4. The highest BCUT2D eigenvalue weighted by Crippen LogP contribution is 2.46. The van der Waals surface area contributed by atoms with Crippen LogP contribution in [0.4, 0.5) is 26.3 Å². The molecular formula is C61H41F6N3. The number of alkyl halides is 6. The summed E-state index contributed by atoms with van der Waals surface area (Å²) in [5.41, 5.74) is 11.3. The Morgan fingerprint density at radius 2 is 0.800 bits per heavy atom. The molecule has 0 saturated heterocycles. The molecule has 2 heterocycles. The van der Waals surface area contributed by atoms with Crippen LogP contribution >= 0.6 is 0 Å². The van der Waals surface area contributed by atoms with E-state index in [4.69, 9.17) is 0 Å². The van der Waals surface area contributed by atoms with Crippen LogP contribution in [0.3, 0.4) is 0 Å². The number of halogens is 6. The van der Waals surface area contributed by atoms with Crippen LogP contribution in [-0.4, -0.2) is 9.13 Å². The summed E-state index contributed by atoms with van der Waals surface area (Å²) in [5.74, 6) is 0. The van der Waals surface area contributed by atoms with Gasteiger partial charge in [0, 0.05) is 32.7 Å². The van der Waals surface area contributed by atoms with E-state index < -0.39 is 23.5 Å². The van der Waals surface area contributed by atoms with Crippen molar-refractivity contribution in [1.82, 2.24) is 9.13 Å². The largest absolute Gasteiger partial charge is 0.416 e. The molecule has 9 heteroatoms. The molecule has 0 aliphatic rings. The average Bonchev–Trinajstić information content (AvgIpc) is 3.84. The van der Waals surface area contributed by atoms with Crippen LogP contribution in [0.15, 0.2) is 176 Å². The first kappa shape index (κ1) is 44.2. The standard InChI is InChI=1S/C61H41F6N3/c1-35-22-36(2)25-43(24-35)39-16-19-55-50(30-39)48-11-5-7-13-53(48)69(55)57-21-18-41(45-28-46(60(62,63)64)33-47(29-45)61(65,66)67)32-52(57)59-42(34-68)10-9-15-58(59)70-54-14-8-6-12-49(54)51-31-40(17-20-56(51)70)44-26-37(3)23-38(4)27-44/h5-33H,1-4H3. The molecule has 11 rings (SSSR count). The summed E-state index contributed by atoms with van der Waals surface area (Å²) in [6.45, 7) is 8.26. The predicted molar refractivity (Wildman–Crippen MR) is 271 cm³/mol. The summed E-state index contributed by atoms with van der Waals surface area (Å²) in [6.07, 6.45) is -10.1. The van der Waals surface area contributed by atoms with E-state index in [9.17, 15) is 31.6 Å². The lowest BCUT2D eigenvalue weighted by atomic mass is 9.91. The Morgan fingerprint density at radius 3 is 1.29 bits per heavy atom. The Labute approximate surface area is 399 Å². The molecule has 11 aromatic rings. The van der Waals surface area contributed by atoms with Crippen molar-refractivity contribution in [3.63, 3.8) is 0 Å². The Hall–Kier alpha value is -8.35. The van der Waals surface area contributed by atoms with Crippen LogP contribution in [-0.2, 0) is 12.4 Å². The lowest BCUT2D eigenvalue weighted by Crippen LogP contribution is -2.11. The van der Waals surface area contributed by atoms with Crippen LogP contribution < -0.4 is 0 Å². The molecule has 2 aromatic heterocycles. The zero-order valence-electron chi connectivity index (χ0n) is 38.4. The number of aromatic nitrogens is 2.